The van der Waals surface area contributed by atoms with Crippen LogP contribution in [-0.4, -0.2) is 9.55 Å². The van der Waals surface area contributed by atoms with Gasteiger partial charge in [-0.3, -0.25) is 4.79 Å². The lowest BCUT2D eigenvalue weighted by Gasteiger charge is -2.09. The van der Waals surface area contributed by atoms with E-state index < -0.39 is 0 Å². The summed E-state index contributed by atoms with van der Waals surface area (Å²) in [4.78, 5) is 15.8. The Balaban J connectivity index is 2.17. The molecule has 0 atom stereocenters. The number of benzene rings is 1. The third-order valence-corrected chi connectivity index (χ3v) is 2.80. The number of aryl methyl sites for hydroxylation is 1. The van der Waals surface area contributed by atoms with Gasteiger partial charge < -0.3 is 15.6 Å². The van der Waals surface area contributed by atoms with Crippen molar-refractivity contribution in [2.24, 2.45) is 12.8 Å². The summed E-state index contributed by atoms with van der Waals surface area (Å²) in [5.41, 5.74) is 7.67. The second kappa shape index (κ2) is 5.46. The smallest absolute Gasteiger partial charge is 0.293 e. The van der Waals surface area contributed by atoms with E-state index >= 15 is 0 Å². The highest BCUT2D eigenvalue weighted by atomic mass is 16.1. The highest BCUT2D eigenvalue weighted by molar-refractivity contribution is 5.35. The quantitative estimate of drug-likeness (QED) is 0.836. The summed E-state index contributed by atoms with van der Waals surface area (Å²) in [5.74, 6) is 0.354. The van der Waals surface area contributed by atoms with Crippen molar-refractivity contribution in [2.45, 2.75) is 13.1 Å². The number of rotatable bonds is 4. The lowest BCUT2D eigenvalue weighted by atomic mass is 10.1. The van der Waals surface area contributed by atoms with Gasteiger partial charge in [0, 0.05) is 32.5 Å². The highest BCUT2D eigenvalue weighted by Gasteiger charge is 2.04. The minimum Gasteiger partial charge on any atom is -0.361 e. The molecule has 5 nitrogen and oxygen atoms in total. The van der Waals surface area contributed by atoms with E-state index in [-0.39, 0.29) is 5.56 Å². The Morgan fingerprint density at radius 2 is 2.06 bits per heavy atom. The van der Waals surface area contributed by atoms with Crippen LogP contribution in [0.1, 0.15) is 11.1 Å². The van der Waals surface area contributed by atoms with Crippen molar-refractivity contribution in [1.82, 2.24) is 9.55 Å². The molecule has 1 aromatic heterocycles. The van der Waals surface area contributed by atoms with Crippen molar-refractivity contribution >= 4 is 5.82 Å². The lowest BCUT2D eigenvalue weighted by Crippen LogP contribution is -2.22. The molecule has 1 aromatic carbocycles. The fourth-order valence-corrected chi connectivity index (χ4v) is 1.73. The van der Waals surface area contributed by atoms with Gasteiger partial charge in [-0.05, 0) is 11.1 Å². The van der Waals surface area contributed by atoms with Crippen molar-refractivity contribution in [3.05, 3.63) is 58.1 Å². The average molecular weight is 244 g/mol. The molecule has 0 fully saturated rings. The van der Waals surface area contributed by atoms with Gasteiger partial charge in [-0.1, -0.05) is 24.3 Å². The van der Waals surface area contributed by atoms with Crippen LogP contribution in [0, 0.1) is 0 Å². The molecule has 3 N–H and O–H groups in total. The molecule has 1 heterocycles. The topological polar surface area (TPSA) is 72.9 Å². The van der Waals surface area contributed by atoms with E-state index in [1.807, 2.05) is 24.3 Å². The van der Waals surface area contributed by atoms with Crippen molar-refractivity contribution in [3.8, 4) is 0 Å². The van der Waals surface area contributed by atoms with E-state index in [4.69, 9.17) is 5.73 Å². The maximum Gasteiger partial charge on any atom is 0.293 e. The molecule has 0 aliphatic heterocycles. The fourth-order valence-electron chi connectivity index (χ4n) is 1.73. The molecule has 94 valence electrons. The molecule has 0 spiro atoms. The van der Waals surface area contributed by atoms with Gasteiger partial charge in [-0.2, -0.15) is 0 Å². The number of hydrogen-bond donors (Lipinski definition) is 2. The minimum atomic E-state index is -0.136. The summed E-state index contributed by atoms with van der Waals surface area (Å²) in [7, 11) is 1.70. The van der Waals surface area contributed by atoms with Gasteiger partial charge in [0.2, 0.25) is 0 Å². The number of nitrogens with two attached hydrogens (primary N) is 1. The molecular formula is C13H16N4O. The van der Waals surface area contributed by atoms with Gasteiger partial charge in [0.15, 0.2) is 5.82 Å². The van der Waals surface area contributed by atoms with Gasteiger partial charge in [0.05, 0.1) is 0 Å². The SMILES string of the molecule is Cn1ccnc(NCc2ccccc2CN)c1=O. The van der Waals surface area contributed by atoms with Gasteiger partial charge in [-0.25, -0.2) is 4.98 Å². The van der Waals surface area contributed by atoms with Gasteiger partial charge >= 0.3 is 0 Å². The summed E-state index contributed by atoms with van der Waals surface area (Å²) < 4.78 is 1.49. The van der Waals surface area contributed by atoms with E-state index in [1.54, 1.807) is 19.4 Å². The first kappa shape index (κ1) is 12.3. The van der Waals surface area contributed by atoms with Gasteiger partial charge in [0.25, 0.3) is 5.56 Å². The summed E-state index contributed by atoms with van der Waals surface area (Å²) in [6.45, 7) is 1.03. The Bertz CT molecular complexity index is 592. The molecule has 2 rings (SSSR count). The summed E-state index contributed by atoms with van der Waals surface area (Å²) >= 11 is 0. The monoisotopic (exact) mass is 244 g/mol. The summed E-state index contributed by atoms with van der Waals surface area (Å²) in [6.07, 6.45) is 3.22. The zero-order valence-corrected chi connectivity index (χ0v) is 10.3. The normalized spacial score (nSPS) is 10.3. The zero-order chi connectivity index (χ0) is 13.0. The number of anilines is 1. The zero-order valence-electron chi connectivity index (χ0n) is 10.3. The number of nitrogens with one attached hydrogen (secondary N) is 1. The molecule has 5 heteroatoms. The molecule has 18 heavy (non-hydrogen) atoms. The van der Waals surface area contributed by atoms with Crippen molar-refractivity contribution < 1.29 is 0 Å². The first-order valence-electron chi connectivity index (χ1n) is 5.74. The molecule has 0 saturated carbocycles. The minimum absolute atomic E-state index is 0.136. The molecular weight excluding hydrogens is 228 g/mol. The Morgan fingerprint density at radius 3 is 2.78 bits per heavy atom. The molecule has 0 bridgehead atoms. The molecule has 2 aromatic rings. The van der Waals surface area contributed by atoms with Crippen LogP contribution in [0.5, 0.6) is 0 Å². The Hall–Kier alpha value is -2.14. The molecule has 0 radical (unpaired) electrons. The van der Waals surface area contributed by atoms with Crippen LogP contribution in [0.2, 0.25) is 0 Å². The van der Waals surface area contributed by atoms with E-state index in [2.05, 4.69) is 10.3 Å². The van der Waals surface area contributed by atoms with E-state index in [1.165, 1.54) is 4.57 Å². The molecule has 0 aliphatic rings. The van der Waals surface area contributed by atoms with Crippen molar-refractivity contribution in [3.63, 3.8) is 0 Å². The first-order chi connectivity index (χ1) is 8.72. The average Bonchev–Trinajstić information content (AvgIpc) is 2.41. The van der Waals surface area contributed by atoms with E-state index in [0.29, 0.717) is 18.9 Å². The number of nitrogens with zero attached hydrogens (tertiary/aromatic N) is 2. The number of aromatic nitrogens is 2. The van der Waals surface area contributed by atoms with Crippen LogP contribution in [0.3, 0.4) is 0 Å². The van der Waals surface area contributed by atoms with Crippen LogP contribution < -0.4 is 16.6 Å². The van der Waals surface area contributed by atoms with E-state index in [0.717, 1.165) is 11.1 Å². The Morgan fingerprint density at radius 1 is 1.33 bits per heavy atom. The fraction of sp³-hybridized carbons (Fsp3) is 0.231. The second-order valence-corrected chi connectivity index (χ2v) is 4.02. The van der Waals surface area contributed by atoms with Crippen LogP contribution in [0.4, 0.5) is 5.82 Å². The molecule has 0 unspecified atom stereocenters. The maximum atomic E-state index is 11.8. The van der Waals surface area contributed by atoms with E-state index in [9.17, 15) is 4.79 Å². The first-order valence-corrected chi connectivity index (χ1v) is 5.74. The highest BCUT2D eigenvalue weighted by Crippen LogP contribution is 2.09. The Labute approximate surface area is 105 Å². The summed E-state index contributed by atoms with van der Waals surface area (Å²) in [5, 5.41) is 3.04. The lowest BCUT2D eigenvalue weighted by molar-refractivity contribution is 0.838. The van der Waals surface area contributed by atoms with Crippen molar-refractivity contribution in [1.29, 1.82) is 0 Å². The van der Waals surface area contributed by atoms with Crippen LogP contribution >= 0.6 is 0 Å². The largest absolute Gasteiger partial charge is 0.361 e. The van der Waals surface area contributed by atoms with Crippen LogP contribution in [0.15, 0.2) is 41.5 Å². The third kappa shape index (κ3) is 2.57. The third-order valence-electron chi connectivity index (χ3n) is 2.80. The molecule has 0 aliphatic carbocycles. The van der Waals surface area contributed by atoms with Crippen molar-refractivity contribution in [2.75, 3.05) is 5.32 Å². The van der Waals surface area contributed by atoms with Crippen LogP contribution in [0.25, 0.3) is 0 Å². The maximum absolute atomic E-state index is 11.8. The van der Waals surface area contributed by atoms with Crippen LogP contribution in [-0.2, 0) is 20.1 Å². The molecule has 0 amide bonds. The second-order valence-electron chi connectivity index (χ2n) is 4.02. The standard InChI is InChI=1S/C13H16N4O/c1-17-7-6-15-12(13(17)18)16-9-11-5-3-2-4-10(11)8-14/h2-7H,8-9,14H2,1H3,(H,15,16). The predicted octanol–water partition coefficient (Wildman–Crippen LogP) is 0.851. The molecule has 0 saturated heterocycles. The van der Waals surface area contributed by atoms with Gasteiger partial charge in [0.1, 0.15) is 0 Å². The van der Waals surface area contributed by atoms with Gasteiger partial charge in [-0.15, -0.1) is 0 Å². The number of hydrogen-bond acceptors (Lipinski definition) is 4. The summed E-state index contributed by atoms with van der Waals surface area (Å²) in [6, 6.07) is 7.87. The predicted molar refractivity (Wildman–Crippen MR) is 71.1 cm³/mol. The Kier molecular flexibility index (Phi) is 3.74.